The molecule has 0 bridgehead atoms. The van der Waals surface area contributed by atoms with E-state index in [9.17, 15) is 5.11 Å². The summed E-state index contributed by atoms with van der Waals surface area (Å²) in [5.74, 6) is 0.721. The predicted octanol–water partition coefficient (Wildman–Crippen LogP) is 2.22. The van der Waals surface area contributed by atoms with Crippen molar-refractivity contribution in [2.45, 2.75) is 31.3 Å². The minimum atomic E-state index is -0.429. The minimum Gasteiger partial charge on any atom is -0.387 e. The molecule has 1 fully saturated rings. The average Bonchev–Trinajstić information content (AvgIpc) is 2.33. The van der Waals surface area contributed by atoms with Crippen molar-refractivity contribution in [2.75, 3.05) is 26.8 Å². The molecule has 1 atom stereocenters. The van der Waals surface area contributed by atoms with Crippen LogP contribution in [0.1, 0.15) is 42.4 Å². The summed E-state index contributed by atoms with van der Waals surface area (Å²) in [6, 6.07) is 8.40. The molecule has 0 aliphatic heterocycles. The van der Waals surface area contributed by atoms with Crippen LogP contribution >= 0.6 is 0 Å². The second-order valence-corrected chi connectivity index (χ2v) is 5.01. The quantitative estimate of drug-likeness (QED) is 0.728. The molecule has 3 heteroatoms. The van der Waals surface area contributed by atoms with Crippen molar-refractivity contribution < 1.29 is 9.84 Å². The van der Waals surface area contributed by atoms with Crippen LogP contribution in [0.25, 0.3) is 0 Å². The summed E-state index contributed by atoms with van der Waals surface area (Å²) in [7, 11) is 1.68. The molecule has 0 heterocycles. The Balaban J connectivity index is 1.86. The van der Waals surface area contributed by atoms with E-state index >= 15 is 0 Å². The first-order chi connectivity index (χ1) is 8.81. The van der Waals surface area contributed by atoms with Crippen molar-refractivity contribution in [3.05, 3.63) is 35.4 Å². The van der Waals surface area contributed by atoms with E-state index in [1.54, 1.807) is 7.11 Å². The largest absolute Gasteiger partial charge is 0.387 e. The van der Waals surface area contributed by atoms with Gasteiger partial charge in [-0.15, -0.1) is 0 Å². The van der Waals surface area contributed by atoms with Gasteiger partial charge in [-0.1, -0.05) is 30.7 Å². The van der Waals surface area contributed by atoms with Crippen molar-refractivity contribution >= 4 is 0 Å². The molecule has 1 aliphatic carbocycles. The molecule has 2 rings (SSSR count). The van der Waals surface area contributed by atoms with Crippen LogP contribution in [0.2, 0.25) is 0 Å². The summed E-state index contributed by atoms with van der Waals surface area (Å²) in [5.41, 5.74) is 2.40. The van der Waals surface area contributed by atoms with Gasteiger partial charge in [0.15, 0.2) is 0 Å². The van der Waals surface area contributed by atoms with Crippen molar-refractivity contribution in [3.63, 3.8) is 0 Å². The summed E-state index contributed by atoms with van der Waals surface area (Å²) < 4.78 is 4.96. The van der Waals surface area contributed by atoms with Gasteiger partial charge in [0.2, 0.25) is 0 Å². The van der Waals surface area contributed by atoms with E-state index in [1.807, 2.05) is 6.07 Å². The van der Waals surface area contributed by atoms with Crippen LogP contribution in [0.15, 0.2) is 24.3 Å². The Morgan fingerprint density at radius 3 is 2.94 bits per heavy atom. The number of hydrogen-bond donors (Lipinski definition) is 2. The van der Waals surface area contributed by atoms with Gasteiger partial charge in [0.25, 0.3) is 0 Å². The third-order valence-electron chi connectivity index (χ3n) is 3.69. The normalized spacial score (nSPS) is 17.4. The zero-order valence-electron chi connectivity index (χ0n) is 11.1. The SMILES string of the molecule is COCCNCC(O)c1cccc(C2CCC2)c1. The fourth-order valence-corrected chi connectivity index (χ4v) is 2.29. The van der Waals surface area contributed by atoms with E-state index in [0.717, 1.165) is 18.0 Å². The Hall–Kier alpha value is -0.900. The molecule has 18 heavy (non-hydrogen) atoms. The Morgan fingerprint density at radius 1 is 1.44 bits per heavy atom. The Bertz CT molecular complexity index is 363. The van der Waals surface area contributed by atoms with E-state index in [0.29, 0.717) is 13.2 Å². The Labute approximate surface area is 109 Å². The molecule has 1 aromatic carbocycles. The second-order valence-electron chi connectivity index (χ2n) is 5.01. The maximum Gasteiger partial charge on any atom is 0.0914 e. The fraction of sp³-hybridized carbons (Fsp3) is 0.600. The van der Waals surface area contributed by atoms with Crippen LogP contribution in [0.5, 0.6) is 0 Å². The van der Waals surface area contributed by atoms with Gasteiger partial charge in [-0.25, -0.2) is 0 Å². The van der Waals surface area contributed by atoms with Gasteiger partial charge in [0.1, 0.15) is 0 Å². The van der Waals surface area contributed by atoms with Crippen LogP contribution in [0.3, 0.4) is 0 Å². The molecule has 1 aromatic rings. The van der Waals surface area contributed by atoms with Crippen LogP contribution in [0.4, 0.5) is 0 Å². The molecular formula is C15H23NO2. The molecular weight excluding hydrogens is 226 g/mol. The van der Waals surface area contributed by atoms with E-state index in [2.05, 4.69) is 23.5 Å². The summed E-state index contributed by atoms with van der Waals surface area (Å²) in [4.78, 5) is 0. The molecule has 3 nitrogen and oxygen atoms in total. The Kier molecular flexibility index (Phi) is 5.17. The molecule has 0 saturated heterocycles. The van der Waals surface area contributed by atoms with Gasteiger partial charge in [-0.05, 0) is 29.9 Å². The highest BCUT2D eigenvalue weighted by atomic mass is 16.5. The van der Waals surface area contributed by atoms with E-state index < -0.39 is 6.10 Å². The third kappa shape index (κ3) is 3.55. The lowest BCUT2D eigenvalue weighted by molar-refractivity contribution is 0.161. The number of ether oxygens (including phenoxy) is 1. The highest BCUT2D eigenvalue weighted by Gasteiger charge is 2.20. The van der Waals surface area contributed by atoms with Crippen molar-refractivity contribution in [3.8, 4) is 0 Å². The lowest BCUT2D eigenvalue weighted by Gasteiger charge is -2.26. The number of rotatable bonds is 7. The van der Waals surface area contributed by atoms with Crippen molar-refractivity contribution in [2.24, 2.45) is 0 Å². The third-order valence-corrected chi connectivity index (χ3v) is 3.69. The zero-order chi connectivity index (χ0) is 12.8. The molecule has 0 aromatic heterocycles. The van der Waals surface area contributed by atoms with Gasteiger partial charge in [0.05, 0.1) is 12.7 Å². The van der Waals surface area contributed by atoms with Crippen molar-refractivity contribution in [1.82, 2.24) is 5.32 Å². The maximum absolute atomic E-state index is 10.1. The van der Waals surface area contributed by atoms with Crippen LogP contribution in [-0.4, -0.2) is 31.9 Å². The van der Waals surface area contributed by atoms with Crippen LogP contribution < -0.4 is 5.32 Å². The number of nitrogens with one attached hydrogen (secondary N) is 1. The second kappa shape index (κ2) is 6.88. The lowest BCUT2D eigenvalue weighted by atomic mass is 9.79. The predicted molar refractivity (Wildman–Crippen MR) is 72.7 cm³/mol. The molecule has 2 N–H and O–H groups in total. The maximum atomic E-state index is 10.1. The number of hydrogen-bond acceptors (Lipinski definition) is 3. The van der Waals surface area contributed by atoms with Gasteiger partial charge in [-0.2, -0.15) is 0 Å². The highest BCUT2D eigenvalue weighted by Crippen LogP contribution is 2.36. The number of methoxy groups -OCH3 is 1. The summed E-state index contributed by atoms with van der Waals surface area (Å²) in [6.07, 6.45) is 3.51. The first-order valence-electron chi connectivity index (χ1n) is 6.79. The van der Waals surface area contributed by atoms with E-state index in [1.165, 1.54) is 24.8 Å². The van der Waals surface area contributed by atoms with Gasteiger partial charge < -0.3 is 15.2 Å². The monoisotopic (exact) mass is 249 g/mol. The summed E-state index contributed by atoms with van der Waals surface area (Å²) >= 11 is 0. The molecule has 1 unspecified atom stereocenters. The van der Waals surface area contributed by atoms with Crippen LogP contribution in [-0.2, 0) is 4.74 Å². The van der Waals surface area contributed by atoms with Gasteiger partial charge in [0, 0.05) is 20.2 Å². The number of aliphatic hydroxyl groups is 1. The molecule has 1 saturated carbocycles. The minimum absolute atomic E-state index is 0.429. The average molecular weight is 249 g/mol. The molecule has 0 spiro atoms. The number of benzene rings is 1. The Morgan fingerprint density at radius 2 is 2.28 bits per heavy atom. The topological polar surface area (TPSA) is 41.5 Å². The summed E-state index contributed by atoms with van der Waals surface area (Å²) in [6.45, 7) is 2.03. The summed E-state index contributed by atoms with van der Waals surface area (Å²) in [5, 5.41) is 13.3. The van der Waals surface area contributed by atoms with Crippen molar-refractivity contribution in [1.29, 1.82) is 0 Å². The fourth-order valence-electron chi connectivity index (χ4n) is 2.29. The van der Waals surface area contributed by atoms with E-state index in [4.69, 9.17) is 4.74 Å². The first kappa shape index (κ1) is 13.5. The highest BCUT2D eigenvalue weighted by molar-refractivity contribution is 5.29. The van der Waals surface area contributed by atoms with Gasteiger partial charge in [-0.3, -0.25) is 0 Å². The number of aliphatic hydroxyl groups excluding tert-OH is 1. The standard InChI is InChI=1S/C15H23NO2/c1-18-9-8-16-11-15(17)14-7-3-6-13(10-14)12-4-2-5-12/h3,6-7,10,12,15-17H,2,4-5,8-9,11H2,1H3. The van der Waals surface area contributed by atoms with Gasteiger partial charge >= 0.3 is 0 Å². The molecule has 100 valence electrons. The molecule has 1 aliphatic rings. The lowest BCUT2D eigenvalue weighted by Crippen LogP contribution is -2.25. The smallest absolute Gasteiger partial charge is 0.0914 e. The van der Waals surface area contributed by atoms with Crippen LogP contribution in [0, 0.1) is 0 Å². The molecule has 0 amide bonds. The van der Waals surface area contributed by atoms with E-state index in [-0.39, 0.29) is 0 Å². The molecule has 0 radical (unpaired) electrons. The zero-order valence-corrected chi connectivity index (χ0v) is 11.1. The first-order valence-corrected chi connectivity index (χ1v) is 6.79.